The number of benzene rings is 2. The molecule has 1 atom stereocenters. The summed E-state index contributed by atoms with van der Waals surface area (Å²) in [5, 5.41) is 10.1. The van der Waals surface area contributed by atoms with E-state index in [4.69, 9.17) is 16.3 Å². The Morgan fingerprint density at radius 2 is 1.77 bits per heavy atom. The summed E-state index contributed by atoms with van der Waals surface area (Å²) in [6.07, 6.45) is 3.76. The van der Waals surface area contributed by atoms with Gasteiger partial charge in [0.25, 0.3) is 0 Å². The first kappa shape index (κ1) is 28.7. The van der Waals surface area contributed by atoms with Gasteiger partial charge in [0.15, 0.2) is 0 Å². The van der Waals surface area contributed by atoms with Gasteiger partial charge in [0, 0.05) is 37.0 Å². The first-order chi connectivity index (χ1) is 18.7. The number of hydrogen-bond acceptors (Lipinski definition) is 5. The maximum Gasteiger partial charge on any atom is 0.306 e. The van der Waals surface area contributed by atoms with Crippen molar-refractivity contribution in [1.82, 2.24) is 9.80 Å². The third kappa shape index (κ3) is 7.40. The number of methoxy groups -OCH3 is 1. The Kier molecular flexibility index (Phi) is 9.66. The summed E-state index contributed by atoms with van der Waals surface area (Å²) >= 11 is 6.13. The van der Waals surface area contributed by atoms with Crippen LogP contribution in [-0.2, 0) is 20.9 Å². The lowest BCUT2D eigenvalue weighted by atomic mass is 9.81. The van der Waals surface area contributed by atoms with Crippen molar-refractivity contribution < 1.29 is 24.2 Å². The van der Waals surface area contributed by atoms with Crippen molar-refractivity contribution in [2.45, 2.75) is 58.0 Å². The number of amides is 2. The number of hydrogen-bond donors (Lipinski definition) is 1. The van der Waals surface area contributed by atoms with Crippen molar-refractivity contribution in [2.75, 3.05) is 20.2 Å². The zero-order valence-corrected chi connectivity index (χ0v) is 23.2. The van der Waals surface area contributed by atoms with Gasteiger partial charge in [-0.2, -0.15) is 0 Å². The summed E-state index contributed by atoms with van der Waals surface area (Å²) in [6.45, 7) is 3.81. The van der Waals surface area contributed by atoms with Crippen LogP contribution in [-0.4, -0.2) is 52.9 Å². The van der Waals surface area contributed by atoms with E-state index in [-0.39, 0.29) is 43.2 Å². The van der Waals surface area contributed by atoms with Gasteiger partial charge in [0.2, 0.25) is 11.8 Å². The van der Waals surface area contributed by atoms with Gasteiger partial charge < -0.3 is 9.84 Å². The van der Waals surface area contributed by atoms with Gasteiger partial charge in [-0.3, -0.25) is 24.2 Å². The van der Waals surface area contributed by atoms with Crippen molar-refractivity contribution >= 4 is 29.4 Å². The zero-order chi connectivity index (χ0) is 27.9. The highest BCUT2D eigenvalue weighted by Crippen LogP contribution is 2.33. The monoisotopic (exact) mass is 550 g/mol. The molecule has 7 nitrogen and oxygen atoms in total. The molecule has 0 bridgehead atoms. The smallest absolute Gasteiger partial charge is 0.306 e. The number of rotatable bonds is 9. The quantitative estimate of drug-likeness (QED) is 0.336. The maximum atomic E-state index is 11.8. The Bertz CT molecular complexity index is 1240. The first-order valence-corrected chi connectivity index (χ1v) is 13.8. The number of carboxylic acid groups (broad SMARTS) is 1. The van der Waals surface area contributed by atoms with E-state index in [9.17, 15) is 19.5 Å². The molecule has 1 aliphatic heterocycles. The fraction of sp³-hybridized carbons (Fsp3) is 0.452. The first-order valence-electron chi connectivity index (χ1n) is 13.5. The van der Waals surface area contributed by atoms with E-state index in [0.29, 0.717) is 28.8 Å². The second-order valence-electron chi connectivity index (χ2n) is 10.4. The normalized spacial score (nSPS) is 20.1. The van der Waals surface area contributed by atoms with Crippen LogP contribution in [0.1, 0.15) is 68.2 Å². The minimum Gasteiger partial charge on any atom is -0.495 e. The van der Waals surface area contributed by atoms with E-state index in [1.807, 2.05) is 30.3 Å². The van der Waals surface area contributed by atoms with Gasteiger partial charge in [-0.25, -0.2) is 0 Å². The SMILES string of the molecule is COc1cc(CN(C[C@H]2CC[C@H](C(=O)O)CC2)[C@@H](C)c2ccc(Cl)cc2)ccc1C#CCN1C(=O)CCC1=O. The van der Waals surface area contributed by atoms with Crippen LogP contribution in [0.4, 0.5) is 0 Å². The molecule has 1 saturated carbocycles. The average Bonchev–Trinajstić information content (AvgIpc) is 3.26. The molecule has 0 unspecified atom stereocenters. The van der Waals surface area contributed by atoms with Gasteiger partial charge >= 0.3 is 5.97 Å². The highest BCUT2D eigenvalue weighted by atomic mass is 35.5. The van der Waals surface area contributed by atoms with Crippen molar-refractivity contribution in [2.24, 2.45) is 11.8 Å². The van der Waals surface area contributed by atoms with Crippen LogP contribution < -0.4 is 4.74 Å². The molecule has 2 fully saturated rings. The van der Waals surface area contributed by atoms with Crippen LogP contribution in [0.5, 0.6) is 5.75 Å². The number of carbonyl (C=O) groups is 3. The standard InChI is InChI=1S/C31H35ClN2O5/c1-21(24-11-13-27(32)14-12-24)33(19-22-5-9-26(10-6-22)31(37)38)20-23-7-8-25(28(18-23)39-2)4-3-17-34-29(35)15-16-30(34)36/h7-8,11-14,18,21-22,26H,5-6,9-10,15-17,19-20H2,1-2H3,(H,37,38)/t21-,22-,26-/m0/s1. The lowest BCUT2D eigenvalue weighted by molar-refractivity contribution is -0.143. The number of aliphatic carboxylic acids is 1. The molecule has 2 amide bonds. The topological polar surface area (TPSA) is 87.2 Å². The molecule has 206 valence electrons. The summed E-state index contributed by atoms with van der Waals surface area (Å²) in [5.41, 5.74) is 2.94. The van der Waals surface area contributed by atoms with Crippen LogP contribution in [0.25, 0.3) is 0 Å². The van der Waals surface area contributed by atoms with E-state index in [2.05, 4.69) is 35.8 Å². The van der Waals surface area contributed by atoms with E-state index in [1.54, 1.807) is 7.11 Å². The number of imide groups is 1. The third-order valence-electron chi connectivity index (χ3n) is 7.86. The Labute approximate surface area is 235 Å². The Morgan fingerprint density at radius 3 is 2.38 bits per heavy atom. The van der Waals surface area contributed by atoms with Crippen molar-refractivity contribution in [3.05, 3.63) is 64.2 Å². The predicted molar refractivity (Wildman–Crippen MR) is 149 cm³/mol. The van der Waals surface area contributed by atoms with E-state index >= 15 is 0 Å². The summed E-state index contributed by atoms with van der Waals surface area (Å²) in [6, 6.07) is 14.0. The summed E-state index contributed by atoms with van der Waals surface area (Å²) in [5.74, 6) is 5.78. The van der Waals surface area contributed by atoms with Crippen LogP contribution in [0.15, 0.2) is 42.5 Å². The van der Waals surface area contributed by atoms with Gasteiger partial charge in [0.1, 0.15) is 5.75 Å². The lowest BCUT2D eigenvalue weighted by Gasteiger charge is -2.35. The van der Waals surface area contributed by atoms with Crippen LogP contribution in [0.2, 0.25) is 5.02 Å². The number of likely N-dealkylation sites (tertiary alicyclic amines) is 1. The molecule has 1 N–H and O–H groups in total. The molecule has 2 aliphatic rings. The predicted octanol–water partition coefficient (Wildman–Crippen LogP) is 5.30. The number of ether oxygens (including phenoxy) is 1. The Balaban J connectivity index is 1.50. The third-order valence-corrected chi connectivity index (χ3v) is 8.11. The van der Waals surface area contributed by atoms with E-state index in [0.717, 1.165) is 37.8 Å². The van der Waals surface area contributed by atoms with Crippen molar-refractivity contribution in [3.8, 4) is 17.6 Å². The van der Waals surface area contributed by atoms with Gasteiger partial charge in [0.05, 0.1) is 25.1 Å². The summed E-state index contributed by atoms with van der Waals surface area (Å²) < 4.78 is 5.64. The summed E-state index contributed by atoms with van der Waals surface area (Å²) in [4.78, 5) is 38.7. The molecule has 39 heavy (non-hydrogen) atoms. The van der Waals surface area contributed by atoms with Crippen LogP contribution >= 0.6 is 11.6 Å². The molecule has 2 aromatic rings. The maximum absolute atomic E-state index is 11.8. The average molecular weight is 551 g/mol. The molecular weight excluding hydrogens is 516 g/mol. The molecule has 0 radical (unpaired) electrons. The molecule has 0 aromatic heterocycles. The van der Waals surface area contributed by atoms with Crippen molar-refractivity contribution in [1.29, 1.82) is 0 Å². The second kappa shape index (κ2) is 13.1. The second-order valence-corrected chi connectivity index (χ2v) is 10.9. The van der Waals surface area contributed by atoms with Gasteiger partial charge in [-0.15, -0.1) is 0 Å². The van der Waals surface area contributed by atoms with E-state index < -0.39 is 5.97 Å². The fourth-order valence-corrected chi connectivity index (χ4v) is 5.55. The Morgan fingerprint density at radius 1 is 1.10 bits per heavy atom. The van der Waals surface area contributed by atoms with Crippen LogP contribution in [0, 0.1) is 23.7 Å². The number of carboxylic acids is 1. The van der Waals surface area contributed by atoms with Crippen LogP contribution in [0.3, 0.4) is 0 Å². The molecule has 2 aromatic carbocycles. The summed E-state index contributed by atoms with van der Waals surface area (Å²) in [7, 11) is 1.60. The number of halogens is 1. The number of carbonyl (C=O) groups excluding carboxylic acids is 2. The highest BCUT2D eigenvalue weighted by molar-refractivity contribution is 6.30. The number of nitrogens with zero attached hydrogens (tertiary/aromatic N) is 2. The molecule has 1 heterocycles. The van der Waals surface area contributed by atoms with Gasteiger partial charge in [-0.05, 0) is 73.9 Å². The molecule has 8 heteroatoms. The minimum absolute atomic E-state index is 0.0824. The molecule has 1 saturated heterocycles. The molecule has 4 rings (SSSR count). The minimum atomic E-state index is -0.686. The zero-order valence-electron chi connectivity index (χ0n) is 22.5. The highest BCUT2D eigenvalue weighted by Gasteiger charge is 2.29. The molecule has 0 spiro atoms. The largest absolute Gasteiger partial charge is 0.495 e. The van der Waals surface area contributed by atoms with Gasteiger partial charge in [-0.1, -0.05) is 41.6 Å². The lowest BCUT2D eigenvalue weighted by Crippen LogP contribution is -2.34. The fourth-order valence-electron chi connectivity index (χ4n) is 5.42. The van der Waals surface area contributed by atoms with E-state index in [1.165, 1.54) is 10.5 Å². The molecule has 1 aliphatic carbocycles. The van der Waals surface area contributed by atoms with Crippen molar-refractivity contribution in [3.63, 3.8) is 0 Å². The molecular formula is C31H35ClN2O5. The Hall–Kier alpha value is -3.34.